The summed E-state index contributed by atoms with van der Waals surface area (Å²) in [5, 5.41) is 17.0. The first-order valence-corrected chi connectivity index (χ1v) is 6.02. The largest absolute Gasteiger partial charge is 0.495 e. The third-order valence-corrected chi connectivity index (χ3v) is 2.34. The van der Waals surface area contributed by atoms with E-state index >= 15 is 0 Å². The number of benzene rings is 1. The quantitative estimate of drug-likeness (QED) is 0.292. The van der Waals surface area contributed by atoms with Crippen LogP contribution in [0.1, 0.15) is 26.3 Å². The van der Waals surface area contributed by atoms with Crippen molar-refractivity contribution in [1.82, 2.24) is 5.32 Å². The maximum Gasteiger partial charge on any atom is 0.319 e. The zero-order valence-electron chi connectivity index (χ0n) is 12.0. The maximum absolute atomic E-state index is 11.8. The lowest BCUT2D eigenvalue weighted by atomic mass is 10.1. The minimum atomic E-state index is -0.342. The number of amides is 2. The number of anilines is 1. The molecular weight excluding hydrogens is 260 g/mol. The Balaban J connectivity index is 2.94. The Labute approximate surface area is 117 Å². The van der Waals surface area contributed by atoms with Gasteiger partial charge in [0.2, 0.25) is 0 Å². The van der Waals surface area contributed by atoms with Crippen LogP contribution in [0.25, 0.3) is 0 Å². The molecule has 1 aromatic carbocycles. The summed E-state index contributed by atoms with van der Waals surface area (Å²) >= 11 is 0. The molecule has 20 heavy (non-hydrogen) atoms. The lowest BCUT2D eigenvalue weighted by Gasteiger charge is -2.21. The zero-order valence-corrected chi connectivity index (χ0v) is 12.0. The van der Waals surface area contributed by atoms with Gasteiger partial charge in [-0.05, 0) is 39.0 Å². The number of nitrogens with two attached hydrogens (primary N) is 1. The molecule has 0 heterocycles. The molecule has 7 nitrogen and oxygen atoms in total. The topological polar surface area (TPSA) is 109 Å². The fourth-order valence-electron chi connectivity index (χ4n) is 1.51. The molecule has 0 aliphatic carbocycles. The molecule has 0 radical (unpaired) electrons. The van der Waals surface area contributed by atoms with Crippen molar-refractivity contribution in [1.29, 1.82) is 0 Å². The van der Waals surface area contributed by atoms with Gasteiger partial charge in [-0.2, -0.15) is 0 Å². The van der Waals surface area contributed by atoms with Crippen LogP contribution in [0, 0.1) is 0 Å². The van der Waals surface area contributed by atoms with E-state index in [1.807, 2.05) is 20.8 Å². The van der Waals surface area contributed by atoms with Crippen molar-refractivity contribution in [2.24, 2.45) is 10.9 Å². The van der Waals surface area contributed by atoms with Gasteiger partial charge in [0.15, 0.2) is 5.84 Å². The second-order valence-electron chi connectivity index (χ2n) is 5.23. The third kappa shape index (κ3) is 4.34. The number of nitrogens with one attached hydrogen (secondary N) is 2. The summed E-state index contributed by atoms with van der Waals surface area (Å²) in [5.41, 5.74) is 6.14. The predicted molar refractivity (Wildman–Crippen MR) is 77.4 cm³/mol. The van der Waals surface area contributed by atoms with Crippen LogP contribution in [0.4, 0.5) is 10.5 Å². The molecule has 0 saturated heterocycles. The average Bonchev–Trinajstić information content (AvgIpc) is 2.36. The summed E-state index contributed by atoms with van der Waals surface area (Å²) in [7, 11) is 1.47. The summed E-state index contributed by atoms with van der Waals surface area (Å²) in [5.74, 6) is 0.382. The summed E-state index contributed by atoms with van der Waals surface area (Å²) < 4.78 is 5.18. The Morgan fingerprint density at radius 3 is 2.55 bits per heavy atom. The van der Waals surface area contributed by atoms with Gasteiger partial charge in [0.05, 0.1) is 12.8 Å². The van der Waals surface area contributed by atoms with E-state index in [9.17, 15) is 4.79 Å². The van der Waals surface area contributed by atoms with Crippen LogP contribution in [-0.4, -0.2) is 29.7 Å². The fourth-order valence-corrected chi connectivity index (χ4v) is 1.51. The van der Waals surface area contributed by atoms with Gasteiger partial charge in [-0.25, -0.2) is 4.79 Å². The van der Waals surface area contributed by atoms with Crippen molar-refractivity contribution >= 4 is 17.6 Å². The molecule has 0 fully saturated rings. The van der Waals surface area contributed by atoms with Crippen LogP contribution in [-0.2, 0) is 0 Å². The second kappa shape index (κ2) is 6.14. The molecular formula is C13H20N4O3. The molecule has 110 valence electrons. The van der Waals surface area contributed by atoms with E-state index in [4.69, 9.17) is 15.7 Å². The van der Waals surface area contributed by atoms with Crippen molar-refractivity contribution < 1.29 is 14.7 Å². The van der Waals surface area contributed by atoms with E-state index in [0.717, 1.165) is 0 Å². The molecule has 1 aromatic rings. The minimum Gasteiger partial charge on any atom is -0.495 e. The number of hydrogen-bond donors (Lipinski definition) is 4. The molecule has 2 amide bonds. The van der Waals surface area contributed by atoms with E-state index in [0.29, 0.717) is 17.0 Å². The van der Waals surface area contributed by atoms with Gasteiger partial charge in [-0.3, -0.25) is 0 Å². The highest BCUT2D eigenvalue weighted by Crippen LogP contribution is 2.25. The number of methoxy groups -OCH3 is 1. The van der Waals surface area contributed by atoms with Gasteiger partial charge in [-0.1, -0.05) is 5.16 Å². The number of nitrogens with zero attached hydrogens (tertiary/aromatic N) is 1. The van der Waals surface area contributed by atoms with E-state index in [-0.39, 0.29) is 17.4 Å². The van der Waals surface area contributed by atoms with Gasteiger partial charge in [-0.15, -0.1) is 0 Å². The van der Waals surface area contributed by atoms with E-state index in [1.165, 1.54) is 7.11 Å². The lowest BCUT2D eigenvalue weighted by Crippen LogP contribution is -2.43. The molecule has 5 N–H and O–H groups in total. The van der Waals surface area contributed by atoms with Crippen LogP contribution in [0.15, 0.2) is 23.4 Å². The van der Waals surface area contributed by atoms with Gasteiger partial charge < -0.3 is 26.3 Å². The molecule has 0 aliphatic rings. The Hall–Kier alpha value is -2.44. The molecule has 0 spiro atoms. The summed E-state index contributed by atoms with van der Waals surface area (Å²) in [4.78, 5) is 11.8. The monoisotopic (exact) mass is 280 g/mol. The summed E-state index contributed by atoms with van der Waals surface area (Å²) in [6, 6.07) is 4.47. The molecule has 0 saturated carbocycles. The highest BCUT2D eigenvalue weighted by Gasteiger charge is 2.15. The maximum atomic E-state index is 11.8. The number of amidine groups is 1. The third-order valence-electron chi connectivity index (χ3n) is 2.34. The van der Waals surface area contributed by atoms with Crippen molar-refractivity contribution in [2.75, 3.05) is 12.4 Å². The standard InChI is InChI=1S/C13H20N4O3/c1-13(2,3)16-12(18)15-9-6-5-8(11(14)17-19)7-10(9)20-4/h5-7,19H,1-4H3,(H2,14,17)(H2,15,16,18). The number of carbonyl (C=O) groups excluding carboxylic acids is 1. The number of urea groups is 1. The van der Waals surface area contributed by atoms with E-state index in [1.54, 1.807) is 18.2 Å². The lowest BCUT2D eigenvalue weighted by molar-refractivity contribution is 0.243. The molecule has 0 bridgehead atoms. The van der Waals surface area contributed by atoms with Crippen LogP contribution < -0.4 is 21.1 Å². The van der Waals surface area contributed by atoms with E-state index in [2.05, 4.69) is 15.8 Å². The van der Waals surface area contributed by atoms with Crippen molar-refractivity contribution in [3.8, 4) is 5.75 Å². The Morgan fingerprint density at radius 1 is 1.40 bits per heavy atom. The molecule has 0 aromatic heterocycles. The first-order chi connectivity index (χ1) is 9.26. The van der Waals surface area contributed by atoms with Gasteiger partial charge in [0.25, 0.3) is 0 Å². The average molecular weight is 280 g/mol. The van der Waals surface area contributed by atoms with Crippen molar-refractivity contribution in [2.45, 2.75) is 26.3 Å². The SMILES string of the molecule is COc1cc(/C(N)=N/O)ccc1NC(=O)NC(C)(C)C. The highest BCUT2D eigenvalue weighted by atomic mass is 16.5. The fraction of sp³-hybridized carbons (Fsp3) is 0.385. The van der Waals surface area contributed by atoms with Crippen molar-refractivity contribution in [3.05, 3.63) is 23.8 Å². The highest BCUT2D eigenvalue weighted by molar-refractivity contribution is 5.99. The van der Waals surface area contributed by atoms with Crippen LogP contribution in [0.2, 0.25) is 0 Å². The summed E-state index contributed by atoms with van der Waals surface area (Å²) in [6.07, 6.45) is 0. The Morgan fingerprint density at radius 2 is 2.05 bits per heavy atom. The predicted octanol–water partition coefficient (Wildman–Crippen LogP) is 1.71. The van der Waals surface area contributed by atoms with Crippen molar-refractivity contribution in [3.63, 3.8) is 0 Å². The first kappa shape index (κ1) is 15.6. The minimum absolute atomic E-state index is 0.0333. The molecule has 0 aliphatic heterocycles. The first-order valence-electron chi connectivity index (χ1n) is 6.02. The molecule has 0 atom stereocenters. The molecule has 0 unspecified atom stereocenters. The molecule has 7 heteroatoms. The number of oxime groups is 1. The normalized spacial score (nSPS) is 11.9. The molecule has 1 rings (SSSR count). The van der Waals surface area contributed by atoms with Crippen LogP contribution in [0.5, 0.6) is 5.75 Å². The number of carbonyl (C=O) groups is 1. The van der Waals surface area contributed by atoms with Crippen LogP contribution in [0.3, 0.4) is 0 Å². The Bertz CT molecular complexity index is 521. The van der Waals surface area contributed by atoms with Crippen LogP contribution >= 0.6 is 0 Å². The number of hydrogen-bond acceptors (Lipinski definition) is 4. The number of rotatable bonds is 3. The second-order valence-corrected chi connectivity index (χ2v) is 5.23. The Kier molecular flexibility index (Phi) is 4.79. The summed E-state index contributed by atoms with van der Waals surface area (Å²) in [6.45, 7) is 5.64. The number of ether oxygens (including phenoxy) is 1. The van der Waals surface area contributed by atoms with Gasteiger partial charge in [0.1, 0.15) is 5.75 Å². The van der Waals surface area contributed by atoms with E-state index < -0.39 is 0 Å². The van der Waals surface area contributed by atoms with Gasteiger partial charge in [0, 0.05) is 11.1 Å². The van der Waals surface area contributed by atoms with Gasteiger partial charge >= 0.3 is 6.03 Å². The zero-order chi connectivity index (χ0) is 15.3. The smallest absolute Gasteiger partial charge is 0.319 e.